The van der Waals surface area contributed by atoms with Gasteiger partial charge in [-0.15, -0.1) is 0 Å². The van der Waals surface area contributed by atoms with Gasteiger partial charge >= 0.3 is 0 Å². The molecule has 2 aliphatic heterocycles. The number of carbonyl (C=O) groups is 1. The van der Waals surface area contributed by atoms with Gasteiger partial charge in [-0.3, -0.25) is 9.69 Å². The lowest BCUT2D eigenvalue weighted by Gasteiger charge is -2.61. The lowest BCUT2D eigenvalue weighted by atomic mass is 9.52. The van der Waals surface area contributed by atoms with Gasteiger partial charge in [0, 0.05) is 36.5 Å². The molecule has 0 unspecified atom stereocenters. The van der Waals surface area contributed by atoms with Crippen molar-refractivity contribution in [3.05, 3.63) is 23.3 Å². The summed E-state index contributed by atoms with van der Waals surface area (Å²) in [5.74, 6) is 1.21. The molecule has 2 aliphatic carbocycles. The number of methoxy groups -OCH3 is 1. The van der Waals surface area contributed by atoms with Crippen molar-refractivity contribution in [1.29, 1.82) is 0 Å². The average Bonchev–Trinajstić information content (AvgIpc) is 3.44. The fraction of sp³-hybridized carbons (Fsp3) is 0.667. The van der Waals surface area contributed by atoms with Crippen LogP contribution in [0.5, 0.6) is 11.5 Å². The summed E-state index contributed by atoms with van der Waals surface area (Å²) in [6, 6.07) is 3.79. The molecule has 4 aliphatic rings. The zero-order valence-corrected chi connectivity index (χ0v) is 15.8. The van der Waals surface area contributed by atoms with Gasteiger partial charge in [0.15, 0.2) is 11.5 Å². The number of nitrogens with zero attached hydrogens (tertiary/aromatic N) is 1. The fourth-order valence-electron chi connectivity index (χ4n) is 5.97. The summed E-state index contributed by atoms with van der Waals surface area (Å²) in [6.45, 7) is 2.36. The predicted octanol–water partition coefficient (Wildman–Crippen LogP) is 1.32. The number of aliphatic hydroxyl groups is 1. The van der Waals surface area contributed by atoms with Crippen molar-refractivity contribution in [2.75, 3.05) is 26.7 Å². The number of amides is 1. The van der Waals surface area contributed by atoms with Gasteiger partial charge in [-0.1, -0.05) is 6.07 Å². The molecule has 1 aromatic rings. The molecule has 1 aromatic carbocycles. The number of phenols is 1. The van der Waals surface area contributed by atoms with E-state index in [0.29, 0.717) is 31.6 Å². The Morgan fingerprint density at radius 3 is 2.89 bits per heavy atom. The summed E-state index contributed by atoms with van der Waals surface area (Å²) >= 11 is 0. The standard InChI is InChI=1S/C21H28N2O4/c1-27-15-5-4-14-10-16-21(26)6-8-22-17(24)11-20(21,18(14)19(15)25)7-9-23(16)12-13-2-3-13/h4-5,13,16,25-26H,2-3,6-12H2,1H3,(H,22,24)/t16-,20-,21+/m1/s1. The van der Waals surface area contributed by atoms with Gasteiger partial charge in [-0.2, -0.15) is 0 Å². The molecule has 146 valence electrons. The number of ether oxygens (including phenoxy) is 1. The molecule has 0 spiro atoms. The summed E-state index contributed by atoms with van der Waals surface area (Å²) in [5.41, 5.74) is -0.0115. The fourth-order valence-corrected chi connectivity index (χ4v) is 5.97. The third-order valence-corrected chi connectivity index (χ3v) is 7.47. The van der Waals surface area contributed by atoms with E-state index >= 15 is 0 Å². The first-order chi connectivity index (χ1) is 13.0. The van der Waals surface area contributed by atoms with Crippen molar-refractivity contribution in [2.45, 2.75) is 55.6 Å². The average molecular weight is 372 g/mol. The van der Waals surface area contributed by atoms with Crippen LogP contribution < -0.4 is 10.1 Å². The van der Waals surface area contributed by atoms with E-state index < -0.39 is 11.0 Å². The number of likely N-dealkylation sites (tertiary alicyclic amines) is 1. The Bertz CT molecular complexity index is 793. The molecule has 6 nitrogen and oxygen atoms in total. The first-order valence-electron chi connectivity index (χ1n) is 10.1. The van der Waals surface area contributed by atoms with Crippen LogP contribution >= 0.6 is 0 Å². The predicted molar refractivity (Wildman–Crippen MR) is 99.9 cm³/mol. The van der Waals surface area contributed by atoms with Gasteiger partial charge in [0.2, 0.25) is 5.91 Å². The van der Waals surface area contributed by atoms with Crippen molar-refractivity contribution >= 4 is 5.91 Å². The Morgan fingerprint density at radius 1 is 1.33 bits per heavy atom. The highest BCUT2D eigenvalue weighted by Gasteiger charge is 2.65. The second kappa shape index (κ2) is 5.85. The maximum absolute atomic E-state index is 12.6. The van der Waals surface area contributed by atoms with Crippen molar-refractivity contribution in [3.63, 3.8) is 0 Å². The Morgan fingerprint density at radius 2 is 2.15 bits per heavy atom. The van der Waals surface area contributed by atoms with Gasteiger partial charge in [0.1, 0.15) is 0 Å². The summed E-state index contributed by atoms with van der Waals surface area (Å²) in [5, 5.41) is 26.1. The largest absolute Gasteiger partial charge is 0.504 e. The molecular weight excluding hydrogens is 344 g/mol. The maximum Gasteiger partial charge on any atom is 0.221 e. The SMILES string of the molecule is COc1ccc2c(c1O)[C@]13CCN(CC4CC4)[C@H](C2)[C@@]1(O)CCNC(=O)C3. The smallest absolute Gasteiger partial charge is 0.221 e. The van der Waals surface area contributed by atoms with Crippen molar-refractivity contribution in [1.82, 2.24) is 10.2 Å². The minimum absolute atomic E-state index is 0.0140. The molecule has 1 amide bonds. The molecule has 3 N–H and O–H groups in total. The number of nitrogens with one attached hydrogen (secondary N) is 1. The second-order valence-electron chi connectivity index (χ2n) is 8.84. The number of fused-ring (bicyclic) bond motifs is 1. The van der Waals surface area contributed by atoms with Crippen LogP contribution in [-0.2, 0) is 16.6 Å². The summed E-state index contributed by atoms with van der Waals surface area (Å²) < 4.78 is 5.36. The number of phenolic OH excluding ortho intramolecular Hbond substituents is 1. The lowest BCUT2D eigenvalue weighted by molar-refractivity contribution is -0.154. The zero-order valence-electron chi connectivity index (χ0n) is 15.8. The summed E-state index contributed by atoms with van der Waals surface area (Å²) in [4.78, 5) is 15.0. The molecule has 3 atom stereocenters. The van der Waals surface area contributed by atoms with Crippen LogP contribution in [0.1, 0.15) is 43.2 Å². The van der Waals surface area contributed by atoms with Gasteiger partial charge in [0.05, 0.1) is 12.7 Å². The van der Waals surface area contributed by atoms with Crippen LogP contribution in [0.2, 0.25) is 0 Å². The number of hydrogen-bond donors (Lipinski definition) is 3. The molecule has 0 radical (unpaired) electrons. The number of aromatic hydroxyl groups is 1. The lowest BCUT2D eigenvalue weighted by Crippen LogP contribution is -2.71. The molecule has 27 heavy (non-hydrogen) atoms. The molecule has 2 saturated heterocycles. The highest BCUT2D eigenvalue weighted by Crippen LogP contribution is 2.59. The van der Waals surface area contributed by atoms with E-state index in [2.05, 4.69) is 10.2 Å². The van der Waals surface area contributed by atoms with Crippen LogP contribution in [0.25, 0.3) is 0 Å². The highest BCUT2D eigenvalue weighted by molar-refractivity contribution is 5.79. The molecule has 2 bridgehead atoms. The number of carbonyl (C=O) groups excluding carboxylic acids is 1. The minimum Gasteiger partial charge on any atom is -0.504 e. The quantitative estimate of drug-likeness (QED) is 0.746. The first-order valence-corrected chi connectivity index (χ1v) is 10.1. The molecular formula is C21H28N2O4. The van der Waals surface area contributed by atoms with Gasteiger partial charge in [-0.25, -0.2) is 0 Å². The molecule has 2 heterocycles. The van der Waals surface area contributed by atoms with E-state index in [1.807, 2.05) is 6.07 Å². The molecule has 6 heteroatoms. The number of hydrogen-bond acceptors (Lipinski definition) is 5. The number of rotatable bonds is 3. The minimum atomic E-state index is -1.03. The van der Waals surface area contributed by atoms with E-state index in [-0.39, 0.29) is 24.1 Å². The van der Waals surface area contributed by atoms with Crippen molar-refractivity contribution in [3.8, 4) is 11.5 Å². The van der Waals surface area contributed by atoms with E-state index in [1.165, 1.54) is 20.0 Å². The van der Waals surface area contributed by atoms with Crippen LogP contribution in [0.4, 0.5) is 0 Å². The Kier molecular flexibility index (Phi) is 3.75. The monoisotopic (exact) mass is 372 g/mol. The van der Waals surface area contributed by atoms with Crippen molar-refractivity contribution < 1.29 is 19.7 Å². The topological polar surface area (TPSA) is 82.0 Å². The number of piperidine rings is 1. The van der Waals surface area contributed by atoms with Crippen LogP contribution in [0.3, 0.4) is 0 Å². The normalized spacial score (nSPS) is 35.6. The van der Waals surface area contributed by atoms with Gasteiger partial charge in [-0.05, 0) is 56.2 Å². The summed E-state index contributed by atoms with van der Waals surface area (Å²) in [7, 11) is 1.54. The van der Waals surface area contributed by atoms with Crippen LogP contribution in [0, 0.1) is 5.92 Å². The van der Waals surface area contributed by atoms with Crippen molar-refractivity contribution in [2.24, 2.45) is 5.92 Å². The van der Waals surface area contributed by atoms with E-state index in [4.69, 9.17) is 4.74 Å². The summed E-state index contributed by atoms with van der Waals surface area (Å²) in [6.07, 6.45) is 4.66. The zero-order chi connectivity index (χ0) is 18.8. The third-order valence-electron chi connectivity index (χ3n) is 7.47. The molecule has 1 saturated carbocycles. The maximum atomic E-state index is 12.6. The Balaban J connectivity index is 1.70. The molecule has 5 rings (SSSR count). The number of benzene rings is 1. The Labute approximate surface area is 159 Å². The van der Waals surface area contributed by atoms with Crippen LogP contribution in [-0.4, -0.2) is 59.4 Å². The molecule has 0 aromatic heterocycles. The van der Waals surface area contributed by atoms with E-state index in [0.717, 1.165) is 30.1 Å². The van der Waals surface area contributed by atoms with Gasteiger partial charge < -0.3 is 20.3 Å². The van der Waals surface area contributed by atoms with Gasteiger partial charge in [0.25, 0.3) is 0 Å². The van der Waals surface area contributed by atoms with E-state index in [9.17, 15) is 15.0 Å². The molecule has 3 fully saturated rings. The Hall–Kier alpha value is -1.79. The third kappa shape index (κ3) is 2.36. The second-order valence-corrected chi connectivity index (χ2v) is 8.84. The van der Waals surface area contributed by atoms with Crippen LogP contribution in [0.15, 0.2) is 12.1 Å². The van der Waals surface area contributed by atoms with E-state index in [1.54, 1.807) is 6.07 Å². The highest BCUT2D eigenvalue weighted by atomic mass is 16.5. The first kappa shape index (κ1) is 17.3.